The summed E-state index contributed by atoms with van der Waals surface area (Å²) in [6, 6.07) is 11.7. The molecule has 2 aliphatic rings. The molecule has 3 aromatic rings. The largest absolute Gasteiger partial charge is 0.377 e. The number of morpholine rings is 2. The zero-order chi connectivity index (χ0) is 29.3. The monoisotopic (exact) mass is 578 g/mol. The van der Waals surface area contributed by atoms with E-state index in [0.29, 0.717) is 82.8 Å². The van der Waals surface area contributed by atoms with Gasteiger partial charge in [-0.1, -0.05) is 12.1 Å². The third-order valence-corrected chi connectivity index (χ3v) is 7.30. The first-order valence-corrected chi connectivity index (χ1v) is 14.4. The van der Waals surface area contributed by atoms with Crippen LogP contribution < -0.4 is 15.1 Å². The van der Waals surface area contributed by atoms with Crippen molar-refractivity contribution in [2.24, 2.45) is 0 Å². The van der Waals surface area contributed by atoms with E-state index in [2.05, 4.69) is 29.0 Å². The van der Waals surface area contributed by atoms with Crippen LogP contribution in [0.4, 0.5) is 11.8 Å². The van der Waals surface area contributed by atoms with Crippen LogP contribution in [0.1, 0.15) is 24.2 Å². The van der Waals surface area contributed by atoms with E-state index in [4.69, 9.17) is 33.9 Å². The number of pyridine rings is 1. The lowest BCUT2D eigenvalue weighted by atomic mass is 10.1. The molecule has 0 saturated carbocycles. The molecule has 224 valence electrons. The van der Waals surface area contributed by atoms with Crippen LogP contribution in [-0.4, -0.2) is 112 Å². The molecule has 1 aromatic carbocycles. The standard InChI is InChI=1S/C30H38N6O6/c1-21-19-41-13-9-35(21)28-25-6-7-26(32-27(25)33-30(34-28)36-10-14-42-20-22(36)2)23-4-3-5-24(18-23)29(38)31-8-12-39-16-17-40-15-11-37/h3-7,11,18,21-22H,8-10,12-17,19-20H2,1-2H3,(H,31,38)/t21-,22-/m1/s1. The maximum absolute atomic E-state index is 12.8. The van der Waals surface area contributed by atoms with Crippen molar-refractivity contribution in [2.75, 3.05) is 82.3 Å². The van der Waals surface area contributed by atoms with Crippen molar-refractivity contribution >= 4 is 35.0 Å². The summed E-state index contributed by atoms with van der Waals surface area (Å²) in [5.41, 5.74) is 2.66. The first-order chi connectivity index (χ1) is 20.5. The van der Waals surface area contributed by atoms with Crippen LogP contribution in [0.15, 0.2) is 36.4 Å². The number of rotatable bonds is 12. The molecule has 2 saturated heterocycles. The molecule has 0 bridgehead atoms. The van der Waals surface area contributed by atoms with Gasteiger partial charge in [-0.2, -0.15) is 9.97 Å². The SMILES string of the molecule is C[C@@H]1COCCN1c1nc(N2CCOC[C@H]2C)c2ccc(-c3cccc(C(=O)NCCOCCOCC=O)c3)nc2n1. The lowest BCUT2D eigenvalue weighted by Crippen LogP contribution is -2.46. The Morgan fingerprint density at radius 2 is 1.74 bits per heavy atom. The molecule has 4 heterocycles. The fourth-order valence-electron chi connectivity index (χ4n) is 5.07. The molecule has 0 spiro atoms. The van der Waals surface area contributed by atoms with Gasteiger partial charge in [0.2, 0.25) is 5.95 Å². The lowest BCUT2D eigenvalue weighted by Gasteiger charge is -2.37. The molecule has 0 radical (unpaired) electrons. The fourth-order valence-corrected chi connectivity index (χ4v) is 5.07. The Labute approximate surface area is 245 Å². The van der Waals surface area contributed by atoms with E-state index in [-0.39, 0.29) is 24.6 Å². The summed E-state index contributed by atoms with van der Waals surface area (Å²) in [4.78, 5) is 42.5. The quantitative estimate of drug-likeness (QED) is 0.251. The molecular formula is C30H38N6O6. The zero-order valence-electron chi connectivity index (χ0n) is 24.2. The molecule has 5 rings (SSSR count). The molecule has 2 aliphatic heterocycles. The van der Waals surface area contributed by atoms with Gasteiger partial charge in [-0.15, -0.1) is 0 Å². The highest BCUT2D eigenvalue weighted by molar-refractivity contribution is 5.96. The summed E-state index contributed by atoms with van der Waals surface area (Å²) >= 11 is 0. The van der Waals surface area contributed by atoms with Gasteiger partial charge in [-0.05, 0) is 38.1 Å². The van der Waals surface area contributed by atoms with Gasteiger partial charge in [-0.25, -0.2) is 4.98 Å². The Bertz CT molecular complexity index is 1370. The highest BCUT2D eigenvalue weighted by atomic mass is 16.5. The minimum absolute atomic E-state index is 0.0535. The maximum Gasteiger partial charge on any atom is 0.251 e. The number of carbonyl (C=O) groups excluding carboxylic acids is 2. The van der Waals surface area contributed by atoms with E-state index in [1.54, 1.807) is 6.07 Å². The minimum Gasteiger partial charge on any atom is -0.377 e. The number of benzene rings is 1. The van der Waals surface area contributed by atoms with Crippen molar-refractivity contribution in [1.82, 2.24) is 20.3 Å². The summed E-state index contributed by atoms with van der Waals surface area (Å²) in [7, 11) is 0. The highest BCUT2D eigenvalue weighted by Gasteiger charge is 2.27. The Morgan fingerprint density at radius 1 is 0.976 bits per heavy atom. The van der Waals surface area contributed by atoms with E-state index >= 15 is 0 Å². The van der Waals surface area contributed by atoms with E-state index < -0.39 is 0 Å². The number of nitrogens with zero attached hydrogens (tertiary/aromatic N) is 5. The Hall–Kier alpha value is -3.71. The number of aldehydes is 1. The molecule has 0 unspecified atom stereocenters. The number of hydrogen-bond acceptors (Lipinski definition) is 11. The van der Waals surface area contributed by atoms with Crippen molar-refractivity contribution in [3.05, 3.63) is 42.0 Å². The van der Waals surface area contributed by atoms with Crippen LogP contribution in [0, 0.1) is 0 Å². The average Bonchev–Trinajstić information content (AvgIpc) is 3.02. The third-order valence-electron chi connectivity index (χ3n) is 7.30. The Morgan fingerprint density at radius 3 is 2.50 bits per heavy atom. The van der Waals surface area contributed by atoms with E-state index in [0.717, 1.165) is 29.0 Å². The molecule has 0 aliphatic carbocycles. The molecule has 42 heavy (non-hydrogen) atoms. The lowest BCUT2D eigenvalue weighted by molar-refractivity contribution is -0.112. The first kappa shape index (κ1) is 29.8. The molecular weight excluding hydrogens is 540 g/mol. The van der Waals surface area contributed by atoms with Crippen molar-refractivity contribution in [3.63, 3.8) is 0 Å². The van der Waals surface area contributed by atoms with Crippen LogP contribution in [0.5, 0.6) is 0 Å². The Kier molecular flexibility index (Phi) is 10.2. The Balaban J connectivity index is 1.36. The second-order valence-electron chi connectivity index (χ2n) is 10.3. The van der Waals surface area contributed by atoms with Crippen LogP contribution in [0.25, 0.3) is 22.3 Å². The predicted octanol–water partition coefficient (Wildman–Crippen LogP) is 2.10. The molecule has 1 amide bonds. The maximum atomic E-state index is 12.8. The number of nitrogens with one attached hydrogen (secondary N) is 1. The molecule has 2 aromatic heterocycles. The summed E-state index contributed by atoms with van der Waals surface area (Å²) in [6.45, 7) is 9.66. The van der Waals surface area contributed by atoms with Gasteiger partial charge in [0.05, 0.1) is 69.4 Å². The van der Waals surface area contributed by atoms with Crippen LogP contribution in [-0.2, 0) is 23.7 Å². The summed E-state index contributed by atoms with van der Waals surface area (Å²) < 4.78 is 21.8. The molecule has 12 nitrogen and oxygen atoms in total. The van der Waals surface area contributed by atoms with Gasteiger partial charge >= 0.3 is 0 Å². The molecule has 12 heteroatoms. The number of ether oxygens (including phenoxy) is 4. The van der Waals surface area contributed by atoms with E-state index in [1.165, 1.54) is 0 Å². The predicted molar refractivity (Wildman–Crippen MR) is 158 cm³/mol. The van der Waals surface area contributed by atoms with Crippen LogP contribution >= 0.6 is 0 Å². The summed E-state index contributed by atoms with van der Waals surface area (Å²) in [5, 5.41) is 3.75. The van der Waals surface area contributed by atoms with Gasteiger partial charge in [0.25, 0.3) is 5.91 Å². The number of fused-ring (bicyclic) bond motifs is 1. The number of anilines is 2. The second-order valence-corrected chi connectivity index (χ2v) is 10.3. The van der Waals surface area contributed by atoms with E-state index in [9.17, 15) is 9.59 Å². The normalized spacial score (nSPS) is 19.2. The van der Waals surface area contributed by atoms with Crippen molar-refractivity contribution in [1.29, 1.82) is 0 Å². The zero-order valence-corrected chi connectivity index (χ0v) is 24.2. The third kappa shape index (κ3) is 7.19. The van der Waals surface area contributed by atoms with Gasteiger partial charge in [-0.3, -0.25) is 4.79 Å². The smallest absolute Gasteiger partial charge is 0.251 e. The van der Waals surface area contributed by atoms with E-state index in [1.807, 2.05) is 30.3 Å². The number of carbonyl (C=O) groups is 2. The minimum atomic E-state index is -0.201. The van der Waals surface area contributed by atoms with Crippen molar-refractivity contribution in [3.8, 4) is 11.3 Å². The summed E-state index contributed by atoms with van der Waals surface area (Å²) in [6.07, 6.45) is 0.696. The second kappa shape index (κ2) is 14.5. The van der Waals surface area contributed by atoms with Gasteiger partial charge < -0.3 is 38.9 Å². The topological polar surface area (TPSA) is 128 Å². The van der Waals surface area contributed by atoms with Crippen molar-refractivity contribution in [2.45, 2.75) is 25.9 Å². The fraction of sp³-hybridized carbons (Fsp3) is 0.500. The molecule has 2 fully saturated rings. The van der Waals surface area contributed by atoms with Gasteiger partial charge in [0.1, 0.15) is 18.7 Å². The molecule has 1 N–H and O–H groups in total. The van der Waals surface area contributed by atoms with Gasteiger partial charge in [0.15, 0.2) is 5.65 Å². The number of amides is 1. The number of hydrogen-bond donors (Lipinski definition) is 1. The van der Waals surface area contributed by atoms with Crippen LogP contribution in [0.2, 0.25) is 0 Å². The average molecular weight is 579 g/mol. The molecule has 2 atom stereocenters. The van der Waals surface area contributed by atoms with Crippen molar-refractivity contribution < 1.29 is 28.5 Å². The first-order valence-electron chi connectivity index (χ1n) is 14.4. The van der Waals surface area contributed by atoms with Crippen LogP contribution in [0.3, 0.4) is 0 Å². The highest BCUT2D eigenvalue weighted by Crippen LogP contribution is 2.31. The number of aromatic nitrogens is 3. The van der Waals surface area contributed by atoms with Gasteiger partial charge in [0, 0.05) is 30.8 Å². The summed E-state index contributed by atoms with van der Waals surface area (Å²) in [5.74, 6) is 1.30.